The summed E-state index contributed by atoms with van der Waals surface area (Å²) in [5.41, 5.74) is 2.43. The van der Waals surface area contributed by atoms with Crippen molar-refractivity contribution >= 4 is 41.9 Å². The van der Waals surface area contributed by atoms with Crippen LogP contribution in [0.5, 0.6) is 0 Å². The Bertz CT molecular complexity index is 1360. The van der Waals surface area contributed by atoms with E-state index in [4.69, 9.17) is 5.14 Å². The largest absolute Gasteiger partial charge is 0.351 e. The highest BCUT2D eigenvalue weighted by molar-refractivity contribution is 9.10. The van der Waals surface area contributed by atoms with Gasteiger partial charge in [-0.15, -0.1) is 0 Å². The van der Waals surface area contributed by atoms with Gasteiger partial charge in [0.2, 0.25) is 26.0 Å². The van der Waals surface area contributed by atoms with E-state index in [1.54, 1.807) is 12.1 Å². The number of carbonyl (C=O) groups excluding carboxylic acids is 1. The molecule has 3 rings (SSSR count). The molecule has 3 aromatic carbocycles. The number of aryl methyl sites for hydroxylation is 1. The Hall–Kier alpha value is -2.57. The molecule has 0 aliphatic heterocycles. The van der Waals surface area contributed by atoms with E-state index in [0.29, 0.717) is 5.56 Å². The zero-order valence-electron chi connectivity index (χ0n) is 18.3. The molecule has 8 nitrogen and oxygen atoms in total. The lowest BCUT2D eigenvalue weighted by atomic mass is 10.1. The molecule has 0 radical (unpaired) electrons. The predicted molar refractivity (Wildman–Crippen MR) is 133 cm³/mol. The zero-order chi connectivity index (χ0) is 24.9. The molecule has 0 saturated heterocycles. The summed E-state index contributed by atoms with van der Waals surface area (Å²) in [4.78, 5) is 12.7. The molecule has 0 aliphatic rings. The third-order valence-electron chi connectivity index (χ3n) is 4.99. The molecule has 0 bridgehead atoms. The van der Waals surface area contributed by atoms with Crippen molar-refractivity contribution in [2.75, 3.05) is 6.54 Å². The number of amides is 1. The average Bonchev–Trinajstić information content (AvgIpc) is 2.78. The fourth-order valence-electron chi connectivity index (χ4n) is 3.09. The normalized spacial score (nSPS) is 12.0. The van der Waals surface area contributed by atoms with Gasteiger partial charge < -0.3 is 5.32 Å². The van der Waals surface area contributed by atoms with Crippen LogP contribution in [-0.2, 0) is 37.9 Å². The number of nitrogens with one attached hydrogen (secondary N) is 1. The lowest BCUT2D eigenvalue weighted by molar-refractivity contribution is -0.121. The van der Waals surface area contributed by atoms with Crippen LogP contribution in [-0.4, -0.2) is 33.6 Å². The van der Waals surface area contributed by atoms with Crippen LogP contribution in [0.15, 0.2) is 87.1 Å². The number of hydrogen-bond acceptors (Lipinski definition) is 5. The fourth-order valence-corrected chi connectivity index (χ4v) is 5.26. The summed E-state index contributed by atoms with van der Waals surface area (Å²) in [6, 6.07) is 19.4. The molecule has 0 saturated carbocycles. The van der Waals surface area contributed by atoms with Crippen LogP contribution >= 0.6 is 15.9 Å². The minimum Gasteiger partial charge on any atom is -0.351 e. The quantitative estimate of drug-likeness (QED) is 0.412. The smallest absolute Gasteiger partial charge is 0.243 e. The first-order valence-electron chi connectivity index (χ1n) is 10.1. The Balaban J connectivity index is 1.76. The molecular weight excluding hydrogens is 542 g/mol. The minimum atomic E-state index is -3.96. The number of sulfonamides is 2. The van der Waals surface area contributed by atoms with Crippen molar-refractivity contribution in [2.45, 2.75) is 29.8 Å². The van der Waals surface area contributed by atoms with Gasteiger partial charge in [0, 0.05) is 17.6 Å². The van der Waals surface area contributed by atoms with E-state index < -0.39 is 26.0 Å². The molecule has 180 valence electrons. The highest BCUT2D eigenvalue weighted by Crippen LogP contribution is 2.21. The number of hydrogen-bond donors (Lipinski definition) is 2. The molecule has 0 fully saturated rings. The van der Waals surface area contributed by atoms with Gasteiger partial charge in [-0.3, -0.25) is 4.79 Å². The van der Waals surface area contributed by atoms with Crippen LogP contribution in [0.25, 0.3) is 0 Å². The van der Waals surface area contributed by atoms with E-state index in [2.05, 4.69) is 21.2 Å². The molecule has 11 heteroatoms. The molecule has 3 aromatic rings. The highest BCUT2D eigenvalue weighted by Gasteiger charge is 2.27. The maximum absolute atomic E-state index is 13.3. The molecule has 1 amide bonds. The SMILES string of the molecule is Cc1ccc(CN(CC(=O)NCc2ccc(S(N)(=O)=O)cc2)S(=O)(=O)c2ccc(Br)cc2)cc1. The Morgan fingerprint density at radius 2 is 1.38 bits per heavy atom. The van der Waals surface area contributed by atoms with Crippen molar-refractivity contribution in [1.82, 2.24) is 9.62 Å². The van der Waals surface area contributed by atoms with Crippen LogP contribution in [0, 0.1) is 6.92 Å². The van der Waals surface area contributed by atoms with Gasteiger partial charge >= 0.3 is 0 Å². The summed E-state index contributed by atoms with van der Waals surface area (Å²) in [5.74, 6) is -0.497. The van der Waals surface area contributed by atoms with E-state index in [-0.39, 0.29) is 29.4 Å². The summed E-state index contributed by atoms with van der Waals surface area (Å²) in [5, 5.41) is 7.77. The van der Waals surface area contributed by atoms with Crippen molar-refractivity contribution in [2.24, 2.45) is 5.14 Å². The number of primary sulfonamides is 1. The second kappa shape index (κ2) is 10.8. The summed E-state index contributed by atoms with van der Waals surface area (Å²) in [6.45, 7) is 1.67. The first-order chi connectivity index (χ1) is 15.9. The number of nitrogens with two attached hydrogens (primary N) is 1. The molecule has 3 N–H and O–H groups in total. The lowest BCUT2D eigenvalue weighted by Gasteiger charge is -2.22. The van der Waals surface area contributed by atoms with Crippen molar-refractivity contribution < 1.29 is 21.6 Å². The van der Waals surface area contributed by atoms with E-state index in [1.165, 1.54) is 36.4 Å². The van der Waals surface area contributed by atoms with Gasteiger partial charge in [-0.1, -0.05) is 57.9 Å². The van der Waals surface area contributed by atoms with Crippen LogP contribution in [0.2, 0.25) is 0 Å². The lowest BCUT2D eigenvalue weighted by Crippen LogP contribution is -2.40. The van der Waals surface area contributed by atoms with Crippen LogP contribution in [0.1, 0.15) is 16.7 Å². The predicted octanol–water partition coefficient (Wildman–Crippen LogP) is 2.91. The average molecular weight is 566 g/mol. The van der Waals surface area contributed by atoms with Crippen LogP contribution < -0.4 is 10.5 Å². The second-order valence-corrected chi connectivity index (χ2v) is 12.1. The summed E-state index contributed by atoms with van der Waals surface area (Å²) >= 11 is 3.30. The van der Waals surface area contributed by atoms with Crippen LogP contribution in [0.4, 0.5) is 0 Å². The van der Waals surface area contributed by atoms with Gasteiger partial charge in [-0.25, -0.2) is 22.0 Å². The Morgan fingerprint density at radius 3 is 1.94 bits per heavy atom. The van der Waals surface area contributed by atoms with Gasteiger partial charge in [-0.2, -0.15) is 4.31 Å². The van der Waals surface area contributed by atoms with Gasteiger partial charge in [0.25, 0.3) is 0 Å². The van der Waals surface area contributed by atoms with E-state index in [0.717, 1.165) is 19.9 Å². The molecule has 0 aliphatic carbocycles. The van der Waals surface area contributed by atoms with E-state index in [9.17, 15) is 21.6 Å². The van der Waals surface area contributed by atoms with Crippen molar-refractivity contribution in [3.63, 3.8) is 0 Å². The van der Waals surface area contributed by atoms with Gasteiger partial charge in [0.05, 0.1) is 16.3 Å². The van der Waals surface area contributed by atoms with E-state index in [1.807, 2.05) is 31.2 Å². The van der Waals surface area contributed by atoms with E-state index >= 15 is 0 Å². The standard InChI is InChI=1S/C23H24BrN3O5S2/c1-17-2-4-19(5-3-17)15-27(34(31,32)22-12-8-20(24)9-13-22)16-23(28)26-14-18-6-10-21(11-7-18)33(25,29)30/h2-13H,14-16H2,1H3,(H,26,28)(H2,25,29,30). The van der Waals surface area contributed by atoms with Gasteiger partial charge in [-0.05, 0) is 54.4 Å². The fraction of sp³-hybridized carbons (Fsp3) is 0.174. The molecule has 0 spiro atoms. The molecule has 0 heterocycles. The number of benzene rings is 3. The second-order valence-electron chi connectivity index (χ2n) is 7.68. The van der Waals surface area contributed by atoms with Crippen molar-refractivity contribution in [1.29, 1.82) is 0 Å². The Kier molecular flexibility index (Phi) is 8.26. The number of nitrogens with zero attached hydrogens (tertiary/aromatic N) is 1. The first kappa shape index (κ1) is 26.0. The van der Waals surface area contributed by atoms with Gasteiger partial charge in [0.1, 0.15) is 0 Å². The number of rotatable bonds is 9. The topological polar surface area (TPSA) is 127 Å². The van der Waals surface area contributed by atoms with Gasteiger partial charge in [0.15, 0.2) is 0 Å². The molecule has 0 atom stereocenters. The Labute approximate surface area is 208 Å². The maximum Gasteiger partial charge on any atom is 0.243 e. The maximum atomic E-state index is 13.3. The van der Waals surface area contributed by atoms with Crippen molar-refractivity contribution in [3.05, 3.63) is 94.0 Å². The first-order valence-corrected chi connectivity index (χ1v) is 13.9. The molecule has 34 heavy (non-hydrogen) atoms. The Morgan fingerprint density at radius 1 is 0.853 bits per heavy atom. The highest BCUT2D eigenvalue weighted by atomic mass is 79.9. The summed E-state index contributed by atoms with van der Waals surface area (Å²) in [7, 11) is -7.76. The minimum absolute atomic E-state index is 0.0230. The zero-order valence-corrected chi connectivity index (χ0v) is 21.5. The molecule has 0 unspecified atom stereocenters. The summed E-state index contributed by atoms with van der Waals surface area (Å²) in [6.07, 6.45) is 0. The molecular formula is C23H24BrN3O5S2. The number of carbonyl (C=O) groups is 1. The monoisotopic (exact) mass is 565 g/mol. The third kappa shape index (κ3) is 6.97. The number of halogens is 1. The third-order valence-corrected chi connectivity index (χ3v) is 8.26. The van der Waals surface area contributed by atoms with Crippen molar-refractivity contribution in [3.8, 4) is 0 Å². The van der Waals surface area contributed by atoms with Crippen LogP contribution in [0.3, 0.4) is 0 Å². The summed E-state index contributed by atoms with van der Waals surface area (Å²) < 4.78 is 51.2. The molecule has 0 aromatic heterocycles.